The Kier molecular flexibility index (Phi) is 5.77. The third kappa shape index (κ3) is 4.52. The fourth-order valence-corrected chi connectivity index (χ4v) is 3.98. The second kappa shape index (κ2) is 8.04. The number of halogens is 1. The fourth-order valence-electron chi connectivity index (χ4n) is 2.80. The van der Waals surface area contributed by atoms with Gasteiger partial charge in [0.1, 0.15) is 0 Å². The van der Waals surface area contributed by atoms with Crippen LogP contribution >= 0.6 is 11.6 Å². The summed E-state index contributed by atoms with van der Waals surface area (Å²) in [5.41, 5.74) is 3.07. The summed E-state index contributed by atoms with van der Waals surface area (Å²) in [5, 5.41) is 0.654. The maximum absolute atomic E-state index is 12.6. The molecule has 0 unspecified atom stereocenters. The Morgan fingerprint density at radius 1 is 0.846 bits per heavy atom. The minimum absolute atomic E-state index is 0.103. The molecule has 0 fully saturated rings. The summed E-state index contributed by atoms with van der Waals surface area (Å²) >= 11 is 5.99. The summed E-state index contributed by atoms with van der Waals surface area (Å²) < 4.78 is 28.0. The van der Waals surface area contributed by atoms with Crippen molar-refractivity contribution in [3.05, 3.63) is 101 Å². The van der Waals surface area contributed by atoms with Gasteiger partial charge in [0.15, 0.2) is 0 Å². The Bertz CT molecular complexity index is 953. The molecule has 3 nitrogen and oxygen atoms in total. The first-order valence-electron chi connectivity index (χ1n) is 8.32. The lowest BCUT2D eigenvalue weighted by molar-refractivity contribution is 0.577. The molecule has 0 aliphatic rings. The van der Waals surface area contributed by atoms with Crippen LogP contribution in [0.5, 0.6) is 0 Å². The molecule has 0 bridgehead atoms. The maximum atomic E-state index is 12.6. The Labute approximate surface area is 159 Å². The average Bonchev–Trinajstić information content (AvgIpc) is 2.64. The van der Waals surface area contributed by atoms with Gasteiger partial charge in [-0.15, -0.1) is 0 Å². The Morgan fingerprint density at radius 3 is 2.04 bits per heavy atom. The number of benzene rings is 3. The van der Waals surface area contributed by atoms with Gasteiger partial charge in [-0.2, -0.15) is 0 Å². The molecule has 0 aromatic heterocycles. The molecule has 0 radical (unpaired) electrons. The van der Waals surface area contributed by atoms with Crippen LogP contribution in [0.4, 0.5) is 0 Å². The normalized spacial score (nSPS) is 12.7. The predicted octanol–water partition coefficient (Wildman–Crippen LogP) is 4.76. The molecular formula is C21H20ClNO2S. The molecular weight excluding hydrogens is 366 g/mol. The molecule has 0 spiro atoms. The van der Waals surface area contributed by atoms with Crippen LogP contribution in [0.3, 0.4) is 0 Å². The first-order chi connectivity index (χ1) is 12.5. The molecule has 0 saturated carbocycles. The molecule has 0 aliphatic carbocycles. The highest BCUT2D eigenvalue weighted by atomic mass is 35.5. The predicted molar refractivity (Wildman–Crippen MR) is 106 cm³/mol. The van der Waals surface area contributed by atoms with Gasteiger partial charge < -0.3 is 0 Å². The highest BCUT2D eigenvalue weighted by Gasteiger charge is 2.19. The van der Waals surface area contributed by atoms with Crippen LogP contribution in [-0.2, 0) is 10.0 Å². The third-order valence-corrected chi connectivity index (χ3v) is 5.97. The molecule has 0 amide bonds. The minimum Gasteiger partial charge on any atom is -0.210 e. The van der Waals surface area contributed by atoms with Crippen molar-refractivity contribution < 1.29 is 8.42 Å². The van der Waals surface area contributed by atoms with Crippen LogP contribution in [0.1, 0.15) is 22.6 Å². The summed E-state index contributed by atoms with van der Waals surface area (Å²) in [6.07, 6.45) is 0. The van der Waals surface area contributed by atoms with Crippen LogP contribution < -0.4 is 4.72 Å². The quantitative estimate of drug-likeness (QED) is 0.665. The van der Waals surface area contributed by atoms with Crippen molar-refractivity contribution in [2.75, 3.05) is 6.54 Å². The van der Waals surface area contributed by atoms with Crippen LogP contribution in [-0.4, -0.2) is 15.0 Å². The van der Waals surface area contributed by atoms with E-state index in [1.807, 2.05) is 61.5 Å². The van der Waals surface area contributed by atoms with E-state index in [0.717, 1.165) is 16.7 Å². The van der Waals surface area contributed by atoms with Crippen molar-refractivity contribution in [1.82, 2.24) is 4.72 Å². The van der Waals surface area contributed by atoms with Gasteiger partial charge in [-0.05, 0) is 42.3 Å². The molecule has 3 aromatic carbocycles. The molecule has 0 heterocycles. The average molecular weight is 386 g/mol. The summed E-state index contributed by atoms with van der Waals surface area (Å²) in [6.45, 7) is 2.19. The van der Waals surface area contributed by atoms with Gasteiger partial charge in [-0.25, -0.2) is 13.1 Å². The van der Waals surface area contributed by atoms with E-state index in [-0.39, 0.29) is 17.4 Å². The SMILES string of the molecule is Cc1ccc(S(=O)(=O)NC[C@H](c2ccccc2)c2ccc(Cl)cc2)cc1. The zero-order valence-electron chi connectivity index (χ0n) is 14.4. The van der Waals surface area contributed by atoms with E-state index in [9.17, 15) is 8.42 Å². The number of hydrogen-bond acceptors (Lipinski definition) is 2. The topological polar surface area (TPSA) is 46.2 Å². The molecule has 0 saturated heterocycles. The van der Waals surface area contributed by atoms with Crippen LogP contribution in [0, 0.1) is 6.92 Å². The van der Waals surface area contributed by atoms with Crippen LogP contribution in [0.2, 0.25) is 5.02 Å². The van der Waals surface area contributed by atoms with E-state index in [2.05, 4.69) is 4.72 Å². The summed E-state index contributed by atoms with van der Waals surface area (Å²) in [6, 6.07) is 24.2. The summed E-state index contributed by atoms with van der Waals surface area (Å²) in [5.74, 6) is -0.103. The summed E-state index contributed by atoms with van der Waals surface area (Å²) in [4.78, 5) is 0.269. The first kappa shape index (κ1) is 18.6. The molecule has 1 atom stereocenters. The van der Waals surface area contributed by atoms with Crippen molar-refractivity contribution in [3.63, 3.8) is 0 Å². The molecule has 0 aliphatic heterocycles. The van der Waals surface area contributed by atoms with Gasteiger partial charge in [-0.1, -0.05) is 71.8 Å². The highest BCUT2D eigenvalue weighted by molar-refractivity contribution is 7.89. The Balaban J connectivity index is 1.86. The van der Waals surface area contributed by atoms with E-state index in [1.165, 1.54) is 0 Å². The largest absolute Gasteiger partial charge is 0.240 e. The van der Waals surface area contributed by atoms with E-state index >= 15 is 0 Å². The van der Waals surface area contributed by atoms with Gasteiger partial charge in [0, 0.05) is 17.5 Å². The van der Waals surface area contributed by atoms with Crippen LogP contribution in [0.15, 0.2) is 83.8 Å². The van der Waals surface area contributed by atoms with Gasteiger partial charge in [0.2, 0.25) is 10.0 Å². The molecule has 3 aromatic rings. The lowest BCUT2D eigenvalue weighted by atomic mass is 9.91. The number of hydrogen-bond donors (Lipinski definition) is 1. The van der Waals surface area contributed by atoms with Crippen LogP contribution in [0.25, 0.3) is 0 Å². The molecule has 134 valence electrons. The second-order valence-corrected chi connectivity index (χ2v) is 8.38. The molecule has 1 N–H and O–H groups in total. The fraction of sp³-hybridized carbons (Fsp3) is 0.143. The zero-order valence-corrected chi connectivity index (χ0v) is 16.0. The minimum atomic E-state index is -3.57. The monoisotopic (exact) mass is 385 g/mol. The number of sulfonamides is 1. The standard InChI is InChI=1S/C21H20ClNO2S/c1-16-7-13-20(14-8-16)26(24,25)23-15-21(17-5-3-2-4-6-17)18-9-11-19(22)12-10-18/h2-14,21,23H,15H2,1H3/t21-/m1/s1. The van der Waals surface area contributed by atoms with E-state index in [4.69, 9.17) is 11.6 Å². The van der Waals surface area contributed by atoms with Crippen molar-refractivity contribution in [1.29, 1.82) is 0 Å². The second-order valence-electron chi connectivity index (χ2n) is 6.18. The number of nitrogens with one attached hydrogen (secondary N) is 1. The highest BCUT2D eigenvalue weighted by Crippen LogP contribution is 2.26. The van der Waals surface area contributed by atoms with Crippen molar-refractivity contribution in [2.24, 2.45) is 0 Å². The lowest BCUT2D eigenvalue weighted by Gasteiger charge is -2.19. The zero-order chi connectivity index (χ0) is 18.6. The summed E-state index contributed by atoms with van der Waals surface area (Å²) in [7, 11) is -3.57. The van der Waals surface area contributed by atoms with Gasteiger partial charge in [0.25, 0.3) is 0 Å². The van der Waals surface area contributed by atoms with E-state index < -0.39 is 10.0 Å². The maximum Gasteiger partial charge on any atom is 0.240 e. The number of aryl methyl sites for hydroxylation is 1. The van der Waals surface area contributed by atoms with Crippen molar-refractivity contribution >= 4 is 21.6 Å². The van der Waals surface area contributed by atoms with Gasteiger partial charge in [-0.3, -0.25) is 0 Å². The molecule has 5 heteroatoms. The lowest BCUT2D eigenvalue weighted by Crippen LogP contribution is -2.29. The third-order valence-electron chi connectivity index (χ3n) is 4.28. The smallest absolute Gasteiger partial charge is 0.210 e. The Morgan fingerprint density at radius 2 is 1.42 bits per heavy atom. The van der Waals surface area contributed by atoms with E-state index in [0.29, 0.717) is 5.02 Å². The number of rotatable bonds is 6. The molecule has 3 rings (SSSR count). The van der Waals surface area contributed by atoms with Gasteiger partial charge >= 0.3 is 0 Å². The van der Waals surface area contributed by atoms with E-state index in [1.54, 1.807) is 24.3 Å². The molecule has 26 heavy (non-hydrogen) atoms. The van der Waals surface area contributed by atoms with Crippen molar-refractivity contribution in [3.8, 4) is 0 Å². The van der Waals surface area contributed by atoms with Gasteiger partial charge in [0.05, 0.1) is 4.90 Å². The Hall–Kier alpha value is -2.14. The van der Waals surface area contributed by atoms with Crippen molar-refractivity contribution in [2.45, 2.75) is 17.7 Å². The first-order valence-corrected chi connectivity index (χ1v) is 10.2.